The molecule has 1 atom stereocenters. The molecular formula is C17H26N2OS2. The van der Waals surface area contributed by atoms with Crippen LogP contribution in [0.5, 0.6) is 0 Å². The van der Waals surface area contributed by atoms with Crippen LogP contribution in [0.15, 0.2) is 24.3 Å². The van der Waals surface area contributed by atoms with Gasteiger partial charge in [-0.05, 0) is 48.5 Å². The number of thioether (sulfide) groups is 2. The highest BCUT2D eigenvalue weighted by atomic mass is 32.2. The van der Waals surface area contributed by atoms with Crippen molar-refractivity contribution in [3.63, 3.8) is 0 Å². The van der Waals surface area contributed by atoms with Gasteiger partial charge in [-0.2, -0.15) is 0 Å². The van der Waals surface area contributed by atoms with Crippen LogP contribution in [0.25, 0.3) is 0 Å². The lowest BCUT2D eigenvalue weighted by molar-refractivity contribution is 0.0883. The zero-order chi connectivity index (χ0) is 16.2. The molecule has 5 heteroatoms. The summed E-state index contributed by atoms with van der Waals surface area (Å²) in [5.41, 5.74) is 7.47. The lowest BCUT2D eigenvalue weighted by atomic mass is 9.88. The van der Waals surface area contributed by atoms with Crippen LogP contribution in [0.1, 0.15) is 47.7 Å². The van der Waals surface area contributed by atoms with E-state index in [0.717, 1.165) is 0 Å². The zero-order valence-electron chi connectivity index (χ0n) is 13.6. The lowest BCUT2D eigenvalue weighted by Gasteiger charge is -2.33. The highest BCUT2D eigenvalue weighted by molar-refractivity contribution is 8.16. The molecule has 1 unspecified atom stereocenters. The van der Waals surface area contributed by atoms with E-state index >= 15 is 0 Å². The number of nitrogens with one attached hydrogen (secondary N) is 1. The average Bonchev–Trinajstić information content (AvgIpc) is 2.55. The SMILES string of the molecule is CC(C)C(C)(CN)NC(=O)c1ccc(C2SCCCS2)cc1. The van der Waals surface area contributed by atoms with Gasteiger partial charge in [0, 0.05) is 12.1 Å². The fraction of sp³-hybridized carbons (Fsp3) is 0.588. The van der Waals surface area contributed by atoms with Gasteiger partial charge in [0.2, 0.25) is 0 Å². The molecule has 1 aliphatic heterocycles. The molecule has 22 heavy (non-hydrogen) atoms. The Kier molecular flexibility index (Phi) is 6.24. The third kappa shape index (κ3) is 4.21. The molecule has 0 aromatic heterocycles. The Labute approximate surface area is 142 Å². The number of amides is 1. The van der Waals surface area contributed by atoms with Crippen LogP contribution in [0, 0.1) is 5.92 Å². The molecule has 1 aliphatic rings. The molecule has 0 aliphatic carbocycles. The van der Waals surface area contributed by atoms with Crippen molar-refractivity contribution in [2.24, 2.45) is 11.7 Å². The summed E-state index contributed by atoms with van der Waals surface area (Å²) in [5.74, 6) is 2.69. The maximum atomic E-state index is 12.4. The lowest BCUT2D eigenvalue weighted by Crippen LogP contribution is -2.55. The van der Waals surface area contributed by atoms with E-state index in [1.165, 1.54) is 23.5 Å². The van der Waals surface area contributed by atoms with Crippen molar-refractivity contribution >= 4 is 29.4 Å². The number of carbonyl (C=O) groups is 1. The predicted molar refractivity (Wildman–Crippen MR) is 98.5 cm³/mol. The van der Waals surface area contributed by atoms with Crippen LogP contribution in [-0.2, 0) is 0 Å². The van der Waals surface area contributed by atoms with Crippen molar-refractivity contribution < 1.29 is 4.79 Å². The van der Waals surface area contributed by atoms with E-state index in [0.29, 0.717) is 16.7 Å². The van der Waals surface area contributed by atoms with Gasteiger partial charge in [0.25, 0.3) is 5.91 Å². The molecule has 3 nitrogen and oxygen atoms in total. The Morgan fingerprint density at radius 1 is 1.32 bits per heavy atom. The molecule has 1 aromatic rings. The molecule has 1 amide bonds. The minimum absolute atomic E-state index is 0.0443. The van der Waals surface area contributed by atoms with Gasteiger partial charge >= 0.3 is 0 Å². The zero-order valence-corrected chi connectivity index (χ0v) is 15.2. The number of benzene rings is 1. The predicted octanol–water partition coefficient (Wildman–Crippen LogP) is 3.66. The summed E-state index contributed by atoms with van der Waals surface area (Å²) in [6.07, 6.45) is 1.29. The van der Waals surface area contributed by atoms with Gasteiger partial charge in [-0.1, -0.05) is 26.0 Å². The van der Waals surface area contributed by atoms with Crippen molar-refractivity contribution in [1.29, 1.82) is 0 Å². The van der Waals surface area contributed by atoms with Gasteiger partial charge in [-0.25, -0.2) is 0 Å². The minimum Gasteiger partial charge on any atom is -0.345 e. The first kappa shape index (κ1) is 17.7. The summed E-state index contributed by atoms with van der Waals surface area (Å²) in [7, 11) is 0. The molecule has 0 radical (unpaired) electrons. The summed E-state index contributed by atoms with van der Waals surface area (Å²) < 4.78 is 0.510. The molecule has 3 N–H and O–H groups in total. The van der Waals surface area contributed by atoms with Crippen molar-refractivity contribution in [3.8, 4) is 0 Å². The van der Waals surface area contributed by atoms with E-state index in [9.17, 15) is 4.79 Å². The highest BCUT2D eigenvalue weighted by Gasteiger charge is 2.29. The Hall–Kier alpha value is -0.650. The molecule has 0 spiro atoms. The van der Waals surface area contributed by atoms with Crippen LogP contribution in [0.2, 0.25) is 0 Å². The Bertz CT molecular complexity index is 498. The summed E-state index contributed by atoms with van der Waals surface area (Å²) in [5, 5.41) is 3.08. The van der Waals surface area contributed by atoms with E-state index in [1.807, 2.05) is 42.6 Å². The first-order valence-corrected chi connectivity index (χ1v) is 9.92. The Morgan fingerprint density at radius 3 is 2.41 bits per heavy atom. The summed E-state index contributed by atoms with van der Waals surface area (Å²) in [6, 6.07) is 8.02. The molecule has 0 saturated carbocycles. The van der Waals surface area contributed by atoms with E-state index in [2.05, 4.69) is 31.3 Å². The summed E-state index contributed by atoms with van der Waals surface area (Å²) >= 11 is 3.99. The summed E-state index contributed by atoms with van der Waals surface area (Å²) in [4.78, 5) is 12.4. The van der Waals surface area contributed by atoms with Gasteiger partial charge in [0.1, 0.15) is 0 Å². The normalized spacial score (nSPS) is 19.0. The van der Waals surface area contributed by atoms with Gasteiger partial charge in [-0.15, -0.1) is 23.5 Å². The first-order chi connectivity index (χ1) is 10.5. The molecule has 1 aromatic carbocycles. The van der Waals surface area contributed by atoms with Crippen LogP contribution >= 0.6 is 23.5 Å². The van der Waals surface area contributed by atoms with Crippen LogP contribution in [0.3, 0.4) is 0 Å². The van der Waals surface area contributed by atoms with Gasteiger partial charge < -0.3 is 11.1 Å². The van der Waals surface area contributed by atoms with Crippen LogP contribution < -0.4 is 11.1 Å². The topological polar surface area (TPSA) is 55.1 Å². The smallest absolute Gasteiger partial charge is 0.251 e. The monoisotopic (exact) mass is 338 g/mol. The average molecular weight is 339 g/mol. The van der Waals surface area contributed by atoms with Crippen molar-refractivity contribution in [2.45, 2.75) is 37.3 Å². The molecule has 1 fully saturated rings. The second-order valence-corrected chi connectivity index (χ2v) is 9.00. The minimum atomic E-state index is -0.370. The quantitative estimate of drug-likeness (QED) is 0.860. The molecule has 2 rings (SSSR count). The standard InChI is InChI=1S/C17H26N2OS2/c1-12(2)17(3,11-18)19-15(20)13-5-7-14(8-6-13)16-21-9-4-10-22-16/h5-8,12,16H,4,9-11,18H2,1-3H3,(H,19,20). The Balaban J connectivity index is 2.04. The van der Waals surface area contributed by atoms with Crippen LogP contribution in [-0.4, -0.2) is 29.5 Å². The highest BCUT2D eigenvalue weighted by Crippen LogP contribution is 2.43. The van der Waals surface area contributed by atoms with Crippen molar-refractivity contribution in [1.82, 2.24) is 5.32 Å². The molecule has 1 heterocycles. The summed E-state index contributed by atoms with van der Waals surface area (Å²) in [6.45, 7) is 6.59. The third-order valence-electron chi connectivity index (χ3n) is 4.37. The first-order valence-electron chi connectivity index (χ1n) is 7.82. The van der Waals surface area contributed by atoms with Gasteiger partial charge in [0.15, 0.2) is 0 Å². The largest absolute Gasteiger partial charge is 0.345 e. The second kappa shape index (κ2) is 7.75. The molecule has 1 saturated heterocycles. The fourth-order valence-corrected chi connectivity index (χ4v) is 5.13. The van der Waals surface area contributed by atoms with E-state index in [-0.39, 0.29) is 17.4 Å². The van der Waals surface area contributed by atoms with Crippen LogP contribution in [0.4, 0.5) is 0 Å². The Morgan fingerprint density at radius 2 is 1.91 bits per heavy atom. The van der Waals surface area contributed by atoms with Gasteiger partial charge in [-0.3, -0.25) is 4.79 Å². The number of hydrogen-bond acceptors (Lipinski definition) is 4. The van der Waals surface area contributed by atoms with Crippen molar-refractivity contribution in [3.05, 3.63) is 35.4 Å². The van der Waals surface area contributed by atoms with E-state index in [1.54, 1.807) is 0 Å². The second-order valence-electron chi connectivity index (χ2n) is 6.28. The van der Waals surface area contributed by atoms with Gasteiger partial charge in [0.05, 0.1) is 10.1 Å². The van der Waals surface area contributed by atoms with E-state index < -0.39 is 0 Å². The maximum absolute atomic E-state index is 12.4. The maximum Gasteiger partial charge on any atom is 0.251 e. The molecule has 122 valence electrons. The van der Waals surface area contributed by atoms with E-state index in [4.69, 9.17) is 5.73 Å². The molecule has 0 bridgehead atoms. The van der Waals surface area contributed by atoms with Crippen molar-refractivity contribution in [2.75, 3.05) is 18.1 Å². The number of rotatable bonds is 5. The third-order valence-corrected chi connectivity index (χ3v) is 7.38. The molecular weight excluding hydrogens is 312 g/mol. The fourth-order valence-electron chi connectivity index (χ4n) is 2.23. The number of hydrogen-bond donors (Lipinski definition) is 2. The number of nitrogens with two attached hydrogens (primary N) is 1. The number of carbonyl (C=O) groups excluding carboxylic acids is 1.